The maximum Gasteiger partial charge on any atom is 0.228 e. The summed E-state index contributed by atoms with van der Waals surface area (Å²) in [5.41, 5.74) is 0. The zero-order chi connectivity index (χ0) is 14.2. The Morgan fingerprint density at radius 2 is 2.35 bits per heavy atom. The molecule has 0 bridgehead atoms. The Kier molecular flexibility index (Phi) is 6.05. The van der Waals surface area contributed by atoms with Gasteiger partial charge in [0.25, 0.3) is 0 Å². The summed E-state index contributed by atoms with van der Waals surface area (Å²) in [5, 5.41) is 3.46. The first kappa shape index (κ1) is 15.0. The molecule has 2 heterocycles. The van der Waals surface area contributed by atoms with E-state index in [0.717, 1.165) is 38.5 Å². The van der Waals surface area contributed by atoms with Crippen molar-refractivity contribution in [2.75, 3.05) is 37.7 Å². The van der Waals surface area contributed by atoms with Gasteiger partial charge in [-0.15, -0.1) is 0 Å². The van der Waals surface area contributed by atoms with Crippen molar-refractivity contribution in [3.63, 3.8) is 0 Å². The van der Waals surface area contributed by atoms with Crippen LogP contribution in [0.15, 0.2) is 12.3 Å². The predicted molar refractivity (Wildman–Crippen MR) is 81.3 cm³/mol. The zero-order valence-corrected chi connectivity index (χ0v) is 12.6. The largest absolute Gasteiger partial charge is 0.478 e. The number of nitrogens with zero attached hydrogens (tertiary/aromatic N) is 3. The Hall–Kier alpha value is -1.36. The van der Waals surface area contributed by atoms with Gasteiger partial charge in [0.1, 0.15) is 0 Å². The van der Waals surface area contributed by atoms with Crippen molar-refractivity contribution in [3.05, 3.63) is 12.3 Å². The van der Waals surface area contributed by atoms with Crippen LogP contribution in [0.4, 0.5) is 5.95 Å². The molecule has 1 saturated heterocycles. The Morgan fingerprint density at radius 1 is 1.45 bits per heavy atom. The highest BCUT2D eigenvalue weighted by molar-refractivity contribution is 5.31. The number of rotatable bonds is 7. The van der Waals surface area contributed by atoms with E-state index >= 15 is 0 Å². The molecule has 112 valence electrons. The number of anilines is 1. The molecule has 1 aliphatic rings. The summed E-state index contributed by atoms with van der Waals surface area (Å²) in [7, 11) is 0. The van der Waals surface area contributed by atoms with Gasteiger partial charge in [0.15, 0.2) is 0 Å². The Morgan fingerprint density at radius 3 is 3.05 bits per heavy atom. The second kappa shape index (κ2) is 8.04. The van der Waals surface area contributed by atoms with Crippen LogP contribution in [-0.2, 0) is 0 Å². The molecule has 1 aromatic heterocycles. The molecule has 0 aliphatic carbocycles. The molecule has 0 amide bonds. The maximum absolute atomic E-state index is 5.59. The summed E-state index contributed by atoms with van der Waals surface area (Å²) in [6.07, 6.45) is 5.33. The first-order chi connectivity index (χ1) is 9.83. The molecule has 5 nitrogen and oxygen atoms in total. The number of aromatic nitrogens is 2. The molecule has 1 fully saturated rings. The second-order valence-corrected chi connectivity index (χ2v) is 5.29. The average molecular weight is 278 g/mol. The second-order valence-electron chi connectivity index (χ2n) is 5.29. The number of hydrogen-bond acceptors (Lipinski definition) is 5. The molecule has 0 radical (unpaired) electrons. The van der Waals surface area contributed by atoms with Gasteiger partial charge in [0, 0.05) is 25.4 Å². The van der Waals surface area contributed by atoms with Crippen LogP contribution in [0.5, 0.6) is 5.88 Å². The first-order valence-electron chi connectivity index (χ1n) is 7.75. The SMILES string of the molecule is CCCOc1ccnc(N(CC)CC2CCCNC2)n1. The summed E-state index contributed by atoms with van der Waals surface area (Å²) >= 11 is 0. The van der Waals surface area contributed by atoms with Gasteiger partial charge in [-0.05, 0) is 45.2 Å². The van der Waals surface area contributed by atoms with Gasteiger partial charge in [-0.1, -0.05) is 6.92 Å². The molecule has 5 heteroatoms. The van der Waals surface area contributed by atoms with Crippen LogP contribution in [0.1, 0.15) is 33.1 Å². The van der Waals surface area contributed by atoms with Crippen molar-refractivity contribution in [1.29, 1.82) is 0 Å². The van der Waals surface area contributed by atoms with Crippen molar-refractivity contribution in [1.82, 2.24) is 15.3 Å². The molecule has 1 N–H and O–H groups in total. The normalized spacial score (nSPS) is 18.8. The third-order valence-corrected chi connectivity index (χ3v) is 3.61. The molecule has 1 atom stereocenters. The van der Waals surface area contributed by atoms with E-state index in [2.05, 4.69) is 34.0 Å². The van der Waals surface area contributed by atoms with E-state index in [4.69, 9.17) is 4.74 Å². The molecule has 2 rings (SSSR count). The van der Waals surface area contributed by atoms with Gasteiger partial charge in [-0.3, -0.25) is 0 Å². The predicted octanol–water partition coefficient (Wildman–Crippen LogP) is 2.09. The average Bonchev–Trinajstić information content (AvgIpc) is 2.52. The monoisotopic (exact) mass is 278 g/mol. The quantitative estimate of drug-likeness (QED) is 0.827. The zero-order valence-electron chi connectivity index (χ0n) is 12.6. The highest BCUT2D eigenvalue weighted by atomic mass is 16.5. The highest BCUT2D eigenvalue weighted by Gasteiger charge is 2.18. The van der Waals surface area contributed by atoms with Crippen molar-refractivity contribution < 1.29 is 4.74 Å². The number of nitrogens with one attached hydrogen (secondary N) is 1. The lowest BCUT2D eigenvalue weighted by Crippen LogP contribution is -2.39. The lowest BCUT2D eigenvalue weighted by molar-refractivity contribution is 0.304. The number of piperidine rings is 1. The standard InChI is InChI=1S/C15H26N4O/c1-3-10-20-14-7-9-17-15(18-14)19(4-2)12-13-6-5-8-16-11-13/h7,9,13,16H,3-6,8,10-12H2,1-2H3. The molecular weight excluding hydrogens is 252 g/mol. The molecule has 0 aromatic carbocycles. The summed E-state index contributed by atoms with van der Waals surface area (Å²) < 4.78 is 5.59. The van der Waals surface area contributed by atoms with E-state index in [1.807, 2.05) is 6.07 Å². The van der Waals surface area contributed by atoms with Crippen molar-refractivity contribution in [3.8, 4) is 5.88 Å². The third kappa shape index (κ3) is 4.34. The molecule has 1 aromatic rings. The summed E-state index contributed by atoms with van der Waals surface area (Å²) in [4.78, 5) is 11.2. The van der Waals surface area contributed by atoms with Gasteiger partial charge in [0.2, 0.25) is 11.8 Å². The summed E-state index contributed by atoms with van der Waals surface area (Å²) in [6, 6.07) is 1.83. The van der Waals surface area contributed by atoms with Crippen molar-refractivity contribution >= 4 is 5.95 Å². The number of ether oxygens (including phenoxy) is 1. The van der Waals surface area contributed by atoms with Crippen molar-refractivity contribution in [2.24, 2.45) is 5.92 Å². The molecule has 0 spiro atoms. The summed E-state index contributed by atoms with van der Waals surface area (Å²) in [6.45, 7) is 9.14. The minimum Gasteiger partial charge on any atom is -0.478 e. The lowest BCUT2D eigenvalue weighted by Gasteiger charge is -2.29. The Bertz CT molecular complexity index is 393. The maximum atomic E-state index is 5.59. The minimum absolute atomic E-state index is 0.678. The van der Waals surface area contributed by atoms with Crippen LogP contribution >= 0.6 is 0 Å². The van der Waals surface area contributed by atoms with E-state index in [-0.39, 0.29) is 0 Å². The molecule has 1 unspecified atom stereocenters. The Balaban J connectivity index is 1.98. The molecule has 0 saturated carbocycles. The van der Waals surface area contributed by atoms with E-state index in [1.165, 1.54) is 12.8 Å². The fourth-order valence-corrected chi connectivity index (χ4v) is 2.52. The van der Waals surface area contributed by atoms with E-state index in [1.54, 1.807) is 6.20 Å². The molecule has 20 heavy (non-hydrogen) atoms. The fourth-order valence-electron chi connectivity index (χ4n) is 2.52. The van der Waals surface area contributed by atoms with Crippen LogP contribution in [0.2, 0.25) is 0 Å². The topological polar surface area (TPSA) is 50.3 Å². The Labute approximate surface area is 121 Å². The third-order valence-electron chi connectivity index (χ3n) is 3.61. The fraction of sp³-hybridized carbons (Fsp3) is 0.733. The van der Waals surface area contributed by atoms with Gasteiger partial charge >= 0.3 is 0 Å². The summed E-state index contributed by atoms with van der Waals surface area (Å²) in [5.74, 6) is 2.15. The molecular formula is C15H26N4O. The van der Waals surface area contributed by atoms with Gasteiger partial charge in [-0.2, -0.15) is 4.98 Å². The van der Waals surface area contributed by atoms with Crippen molar-refractivity contribution in [2.45, 2.75) is 33.1 Å². The van der Waals surface area contributed by atoms with Gasteiger partial charge in [-0.25, -0.2) is 4.98 Å². The highest BCUT2D eigenvalue weighted by Crippen LogP contribution is 2.17. The minimum atomic E-state index is 0.678. The van der Waals surface area contributed by atoms with E-state index < -0.39 is 0 Å². The van der Waals surface area contributed by atoms with Crippen LogP contribution in [0.25, 0.3) is 0 Å². The first-order valence-corrected chi connectivity index (χ1v) is 7.75. The van der Waals surface area contributed by atoms with E-state index in [0.29, 0.717) is 18.4 Å². The van der Waals surface area contributed by atoms with Crippen LogP contribution < -0.4 is 15.0 Å². The van der Waals surface area contributed by atoms with Gasteiger partial charge in [0.05, 0.1) is 6.61 Å². The van der Waals surface area contributed by atoms with Crippen LogP contribution in [-0.4, -0.2) is 42.8 Å². The van der Waals surface area contributed by atoms with E-state index in [9.17, 15) is 0 Å². The molecule has 1 aliphatic heterocycles. The van der Waals surface area contributed by atoms with Crippen LogP contribution in [0.3, 0.4) is 0 Å². The number of hydrogen-bond donors (Lipinski definition) is 1. The smallest absolute Gasteiger partial charge is 0.228 e. The lowest BCUT2D eigenvalue weighted by atomic mass is 9.99. The van der Waals surface area contributed by atoms with Gasteiger partial charge < -0.3 is 15.0 Å². The van der Waals surface area contributed by atoms with Crippen LogP contribution in [0, 0.1) is 5.92 Å².